The molecule has 0 heterocycles. The zero-order valence-electron chi connectivity index (χ0n) is 14.0. The molecule has 2 aromatic carbocycles. The predicted molar refractivity (Wildman–Crippen MR) is 104 cm³/mol. The molecule has 2 rings (SSSR count). The highest BCUT2D eigenvalue weighted by Gasteiger charge is 2.08. The van der Waals surface area contributed by atoms with Crippen LogP contribution in [0.1, 0.15) is 31.4 Å². The van der Waals surface area contributed by atoms with Crippen molar-refractivity contribution in [1.29, 1.82) is 0 Å². The number of thiocarbonyl (C=S) groups is 1. The van der Waals surface area contributed by atoms with Gasteiger partial charge in [0.15, 0.2) is 5.11 Å². The standard InChI is InChI=1S/C20H26N2S/c1-3-16-10-12-19(13-11-16)22-20(23)21-15-17(4-2)14-18-8-6-5-7-9-18/h5-13,17H,3-4,14-15H2,1-2H3,(H2,21,22,23)/t17-/m1/s1. The molecule has 0 bridgehead atoms. The summed E-state index contributed by atoms with van der Waals surface area (Å²) in [6, 6.07) is 19.1. The molecule has 0 aromatic heterocycles. The van der Waals surface area contributed by atoms with Crippen molar-refractivity contribution in [2.45, 2.75) is 33.1 Å². The van der Waals surface area contributed by atoms with Crippen LogP contribution in [0.3, 0.4) is 0 Å². The van der Waals surface area contributed by atoms with Crippen LogP contribution in [0.25, 0.3) is 0 Å². The van der Waals surface area contributed by atoms with E-state index >= 15 is 0 Å². The lowest BCUT2D eigenvalue weighted by Gasteiger charge is -2.18. The highest BCUT2D eigenvalue weighted by atomic mass is 32.1. The van der Waals surface area contributed by atoms with Gasteiger partial charge >= 0.3 is 0 Å². The normalized spacial score (nSPS) is 11.7. The van der Waals surface area contributed by atoms with Gasteiger partial charge in [-0.2, -0.15) is 0 Å². The van der Waals surface area contributed by atoms with Crippen molar-refractivity contribution < 1.29 is 0 Å². The van der Waals surface area contributed by atoms with Gasteiger partial charge < -0.3 is 10.6 Å². The van der Waals surface area contributed by atoms with Gasteiger partial charge in [0, 0.05) is 12.2 Å². The van der Waals surface area contributed by atoms with Crippen molar-refractivity contribution >= 4 is 23.0 Å². The molecular weight excluding hydrogens is 300 g/mol. The van der Waals surface area contributed by atoms with Crippen LogP contribution in [0.4, 0.5) is 5.69 Å². The number of benzene rings is 2. The first-order valence-electron chi connectivity index (χ1n) is 8.39. The van der Waals surface area contributed by atoms with E-state index in [0.29, 0.717) is 11.0 Å². The molecule has 0 aliphatic heterocycles. The van der Waals surface area contributed by atoms with Crippen LogP contribution in [0, 0.1) is 5.92 Å². The Labute approximate surface area is 145 Å². The topological polar surface area (TPSA) is 24.1 Å². The minimum Gasteiger partial charge on any atom is -0.362 e. The molecule has 23 heavy (non-hydrogen) atoms. The number of aryl methyl sites for hydroxylation is 1. The van der Waals surface area contributed by atoms with Crippen LogP contribution in [0.2, 0.25) is 0 Å². The average molecular weight is 327 g/mol. The summed E-state index contributed by atoms with van der Waals surface area (Å²) in [5.41, 5.74) is 3.76. The molecule has 0 aliphatic rings. The quantitative estimate of drug-likeness (QED) is 0.714. The Morgan fingerprint density at radius 1 is 0.957 bits per heavy atom. The van der Waals surface area contributed by atoms with E-state index in [0.717, 1.165) is 31.5 Å². The largest absolute Gasteiger partial charge is 0.362 e. The summed E-state index contributed by atoms with van der Waals surface area (Å²) in [5, 5.41) is 7.30. The van der Waals surface area contributed by atoms with Crippen molar-refractivity contribution in [2.75, 3.05) is 11.9 Å². The van der Waals surface area contributed by atoms with Gasteiger partial charge in [0.1, 0.15) is 0 Å². The average Bonchev–Trinajstić information content (AvgIpc) is 2.60. The Morgan fingerprint density at radius 3 is 2.26 bits per heavy atom. The molecule has 0 radical (unpaired) electrons. The van der Waals surface area contributed by atoms with Gasteiger partial charge in [0.05, 0.1) is 0 Å². The Hall–Kier alpha value is -1.87. The molecule has 0 saturated heterocycles. The minimum atomic E-state index is 0.583. The molecule has 2 nitrogen and oxygen atoms in total. The fraction of sp³-hybridized carbons (Fsp3) is 0.350. The van der Waals surface area contributed by atoms with E-state index in [1.54, 1.807) is 0 Å². The van der Waals surface area contributed by atoms with E-state index < -0.39 is 0 Å². The van der Waals surface area contributed by atoms with E-state index in [-0.39, 0.29) is 0 Å². The second-order valence-electron chi connectivity index (χ2n) is 5.85. The number of hydrogen-bond donors (Lipinski definition) is 2. The van der Waals surface area contributed by atoms with Gasteiger partial charge in [-0.25, -0.2) is 0 Å². The summed E-state index contributed by atoms with van der Waals surface area (Å²) in [6.07, 6.45) is 3.27. The summed E-state index contributed by atoms with van der Waals surface area (Å²) in [4.78, 5) is 0. The third kappa shape index (κ3) is 6.03. The smallest absolute Gasteiger partial charge is 0.170 e. The van der Waals surface area contributed by atoms with E-state index in [9.17, 15) is 0 Å². The number of rotatable bonds is 7. The molecule has 1 atom stereocenters. The summed E-state index contributed by atoms with van der Waals surface area (Å²) in [6.45, 7) is 5.28. The summed E-state index contributed by atoms with van der Waals surface area (Å²) >= 11 is 5.41. The van der Waals surface area contributed by atoms with Gasteiger partial charge in [-0.3, -0.25) is 0 Å². The lowest BCUT2D eigenvalue weighted by atomic mass is 9.97. The first-order valence-corrected chi connectivity index (χ1v) is 8.79. The number of hydrogen-bond acceptors (Lipinski definition) is 1. The molecule has 122 valence electrons. The van der Waals surface area contributed by atoms with E-state index in [1.165, 1.54) is 11.1 Å². The third-order valence-corrected chi connectivity index (χ3v) is 4.36. The van der Waals surface area contributed by atoms with Gasteiger partial charge in [-0.1, -0.05) is 62.7 Å². The zero-order chi connectivity index (χ0) is 16.5. The predicted octanol–water partition coefficient (Wildman–Crippen LogP) is 4.80. The Balaban J connectivity index is 1.79. The highest BCUT2D eigenvalue weighted by molar-refractivity contribution is 7.80. The molecule has 0 unspecified atom stereocenters. The van der Waals surface area contributed by atoms with Crippen molar-refractivity contribution in [2.24, 2.45) is 5.92 Å². The molecule has 3 heteroatoms. The zero-order valence-corrected chi connectivity index (χ0v) is 14.8. The van der Waals surface area contributed by atoms with Crippen LogP contribution in [-0.4, -0.2) is 11.7 Å². The second-order valence-corrected chi connectivity index (χ2v) is 6.26. The van der Waals surface area contributed by atoms with E-state index in [4.69, 9.17) is 12.2 Å². The fourth-order valence-corrected chi connectivity index (χ4v) is 2.75. The van der Waals surface area contributed by atoms with Crippen LogP contribution in [0.5, 0.6) is 0 Å². The van der Waals surface area contributed by atoms with Gasteiger partial charge in [0.25, 0.3) is 0 Å². The maximum atomic E-state index is 5.41. The Morgan fingerprint density at radius 2 is 1.65 bits per heavy atom. The molecule has 0 amide bonds. The van der Waals surface area contributed by atoms with Crippen LogP contribution < -0.4 is 10.6 Å². The fourth-order valence-electron chi connectivity index (χ4n) is 2.54. The van der Waals surface area contributed by atoms with Crippen molar-refractivity contribution in [1.82, 2.24) is 5.32 Å². The third-order valence-electron chi connectivity index (χ3n) is 4.12. The van der Waals surface area contributed by atoms with Crippen LogP contribution in [-0.2, 0) is 12.8 Å². The number of anilines is 1. The Kier molecular flexibility index (Phi) is 7.08. The lowest BCUT2D eigenvalue weighted by molar-refractivity contribution is 0.498. The monoisotopic (exact) mass is 326 g/mol. The molecule has 0 spiro atoms. The minimum absolute atomic E-state index is 0.583. The molecular formula is C20H26N2S. The van der Waals surface area contributed by atoms with Crippen LogP contribution >= 0.6 is 12.2 Å². The maximum Gasteiger partial charge on any atom is 0.170 e. The number of nitrogens with one attached hydrogen (secondary N) is 2. The second kappa shape index (κ2) is 9.31. The molecule has 2 aromatic rings. The van der Waals surface area contributed by atoms with Gasteiger partial charge in [-0.15, -0.1) is 0 Å². The van der Waals surface area contributed by atoms with Gasteiger partial charge in [0.2, 0.25) is 0 Å². The van der Waals surface area contributed by atoms with E-state index in [1.807, 2.05) is 0 Å². The molecule has 2 N–H and O–H groups in total. The molecule has 0 fully saturated rings. The molecule has 0 aliphatic carbocycles. The molecule has 0 saturated carbocycles. The lowest BCUT2D eigenvalue weighted by Crippen LogP contribution is -2.33. The summed E-state index contributed by atoms with van der Waals surface area (Å²) in [7, 11) is 0. The highest BCUT2D eigenvalue weighted by Crippen LogP contribution is 2.12. The SMILES string of the molecule is CCc1ccc(NC(=S)NC[C@H](CC)Cc2ccccc2)cc1. The maximum absolute atomic E-state index is 5.41. The first-order chi connectivity index (χ1) is 11.2. The first kappa shape index (κ1) is 17.5. The Bertz CT molecular complexity index is 593. The van der Waals surface area contributed by atoms with E-state index in [2.05, 4.69) is 79.1 Å². The van der Waals surface area contributed by atoms with Crippen molar-refractivity contribution in [3.8, 4) is 0 Å². The van der Waals surface area contributed by atoms with Gasteiger partial charge in [-0.05, 0) is 54.2 Å². The van der Waals surface area contributed by atoms with Crippen molar-refractivity contribution in [3.63, 3.8) is 0 Å². The summed E-state index contributed by atoms with van der Waals surface area (Å²) in [5.74, 6) is 0.583. The summed E-state index contributed by atoms with van der Waals surface area (Å²) < 4.78 is 0. The van der Waals surface area contributed by atoms with Crippen molar-refractivity contribution in [3.05, 3.63) is 65.7 Å². The van der Waals surface area contributed by atoms with Crippen LogP contribution in [0.15, 0.2) is 54.6 Å².